The highest BCUT2D eigenvalue weighted by Gasteiger charge is 2.24. The number of nitrogens with two attached hydrogens (primary N) is 1. The highest BCUT2D eigenvalue weighted by atomic mass is 32.1. The van der Waals surface area contributed by atoms with E-state index in [0.29, 0.717) is 23.7 Å². The molecule has 0 aliphatic rings. The van der Waals surface area contributed by atoms with Crippen molar-refractivity contribution in [2.24, 2.45) is 0 Å². The molecule has 0 atom stereocenters. The number of rotatable bonds is 5. The zero-order valence-electron chi connectivity index (χ0n) is 11.9. The molecule has 6 heteroatoms. The standard InChI is InChI=1S/C14H19N3O2S/c1-9(2)17(7-8-19-3)14(18)12-11(15)10-5-4-6-16-13(10)20-12/h4-6,9H,7-8,15H2,1-3H3. The molecule has 0 radical (unpaired) electrons. The maximum Gasteiger partial charge on any atom is 0.266 e. The third-order valence-electron chi connectivity index (χ3n) is 3.12. The van der Waals surface area contributed by atoms with Gasteiger partial charge in [-0.1, -0.05) is 0 Å². The number of thiophene rings is 1. The number of hydrogen-bond acceptors (Lipinski definition) is 5. The van der Waals surface area contributed by atoms with Gasteiger partial charge in [0.25, 0.3) is 5.91 Å². The summed E-state index contributed by atoms with van der Waals surface area (Å²) >= 11 is 1.34. The van der Waals surface area contributed by atoms with Gasteiger partial charge in [-0.3, -0.25) is 4.79 Å². The number of amides is 1. The van der Waals surface area contributed by atoms with E-state index in [1.54, 1.807) is 18.2 Å². The van der Waals surface area contributed by atoms with Gasteiger partial charge >= 0.3 is 0 Å². The van der Waals surface area contributed by atoms with Crippen LogP contribution in [0, 0.1) is 0 Å². The van der Waals surface area contributed by atoms with Gasteiger partial charge in [0.05, 0.1) is 12.3 Å². The van der Waals surface area contributed by atoms with Crippen LogP contribution in [0.2, 0.25) is 0 Å². The summed E-state index contributed by atoms with van der Waals surface area (Å²) < 4.78 is 5.06. The van der Waals surface area contributed by atoms with Crippen molar-refractivity contribution in [3.05, 3.63) is 23.2 Å². The number of nitrogens with zero attached hydrogens (tertiary/aromatic N) is 2. The van der Waals surface area contributed by atoms with Crippen LogP contribution in [0.15, 0.2) is 18.3 Å². The average molecular weight is 293 g/mol. The third-order valence-corrected chi connectivity index (χ3v) is 4.24. The second kappa shape index (κ2) is 6.19. The van der Waals surface area contributed by atoms with Gasteiger partial charge in [-0.05, 0) is 26.0 Å². The fraction of sp³-hybridized carbons (Fsp3) is 0.429. The largest absolute Gasteiger partial charge is 0.397 e. The molecule has 108 valence electrons. The van der Waals surface area contributed by atoms with E-state index in [-0.39, 0.29) is 11.9 Å². The van der Waals surface area contributed by atoms with E-state index in [1.165, 1.54) is 11.3 Å². The minimum atomic E-state index is -0.0578. The Morgan fingerprint density at radius 1 is 1.55 bits per heavy atom. The number of carbonyl (C=O) groups excluding carboxylic acids is 1. The molecular formula is C14H19N3O2S. The van der Waals surface area contributed by atoms with Gasteiger partial charge in [0, 0.05) is 31.3 Å². The summed E-state index contributed by atoms with van der Waals surface area (Å²) in [5.74, 6) is -0.0578. The lowest BCUT2D eigenvalue weighted by Crippen LogP contribution is -2.39. The molecule has 0 saturated carbocycles. The number of pyridine rings is 1. The Hall–Kier alpha value is -1.66. The Kier molecular flexibility index (Phi) is 4.57. The molecule has 0 aliphatic carbocycles. The van der Waals surface area contributed by atoms with E-state index in [9.17, 15) is 4.79 Å². The molecule has 2 N–H and O–H groups in total. The van der Waals surface area contributed by atoms with Crippen molar-refractivity contribution in [3.8, 4) is 0 Å². The van der Waals surface area contributed by atoms with Gasteiger partial charge in [-0.15, -0.1) is 11.3 Å². The second-order valence-electron chi connectivity index (χ2n) is 4.79. The Bertz CT molecular complexity index is 609. The van der Waals surface area contributed by atoms with E-state index in [4.69, 9.17) is 10.5 Å². The van der Waals surface area contributed by atoms with Crippen LogP contribution < -0.4 is 5.73 Å². The average Bonchev–Trinajstić information content (AvgIpc) is 2.76. The fourth-order valence-corrected chi connectivity index (χ4v) is 3.04. The summed E-state index contributed by atoms with van der Waals surface area (Å²) in [6.07, 6.45) is 1.71. The Labute approximate surface area is 122 Å². The van der Waals surface area contributed by atoms with Crippen LogP contribution in [0.25, 0.3) is 10.2 Å². The third kappa shape index (κ3) is 2.76. The minimum Gasteiger partial charge on any atom is -0.397 e. The van der Waals surface area contributed by atoms with Gasteiger partial charge in [0.1, 0.15) is 9.71 Å². The first-order valence-electron chi connectivity index (χ1n) is 6.49. The van der Waals surface area contributed by atoms with E-state index >= 15 is 0 Å². The minimum absolute atomic E-state index is 0.0578. The predicted octanol–water partition coefficient (Wildman–Crippen LogP) is 2.38. The highest BCUT2D eigenvalue weighted by Crippen LogP contribution is 2.33. The maximum absolute atomic E-state index is 12.7. The van der Waals surface area contributed by atoms with Crippen LogP contribution in [0.5, 0.6) is 0 Å². The summed E-state index contributed by atoms with van der Waals surface area (Å²) in [4.78, 5) is 20.0. The quantitative estimate of drug-likeness (QED) is 0.919. The number of ether oxygens (including phenoxy) is 1. The maximum atomic E-state index is 12.7. The molecule has 20 heavy (non-hydrogen) atoms. The predicted molar refractivity (Wildman–Crippen MR) is 82.1 cm³/mol. The molecule has 0 spiro atoms. The van der Waals surface area contributed by atoms with Crippen LogP contribution in [0.1, 0.15) is 23.5 Å². The molecule has 0 bridgehead atoms. The van der Waals surface area contributed by atoms with Crippen molar-refractivity contribution in [1.82, 2.24) is 9.88 Å². The smallest absolute Gasteiger partial charge is 0.266 e. The molecule has 2 rings (SSSR count). The molecule has 1 amide bonds. The molecule has 5 nitrogen and oxygen atoms in total. The van der Waals surface area contributed by atoms with Crippen LogP contribution in [-0.4, -0.2) is 42.1 Å². The van der Waals surface area contributed by atoms with Crippen LogP contribution in [-0.2, 0) is 4.74 Å². The number of aromatic nitrogens is 1. The SMILES string of the molecule is COCCN(C(=O)c1sc2ncccc2c1N)C(C)C. The van der Waals surface area contributed by atoms with E-state index in [2.05, 4.69) is 4.98 Å². The molecule has 0 aromatic carbocycles. The Morgan fingerprint density at radius 3 is 2.90 bits per heavy atom. The first-order chi connectivity index (χ1) is 9.56. The Morgan fingerprint density at radius 2 is 2.30 bits per heavy atom. The lowest BCUT2D eigenvalue weighted by molar-refractivity contribution is 0.0641. The lowest BCUT2D eigenvalue weighted by atomic mass is 10.2. The molecular weight excluding hydrogens is 274 g/mol. The molecule has 2 heterocycles. The number of carbonyl (C=O) groups is 1. The van der Waals surface area contributed by atoms with Crippen LogP contribution >= 0.6 is 11.3 Å². The van der Waals surface area contributed by atoms with E-state index < -0.39 is 0 Å². The summed E-state index contributed by atoms with van der Waals surface area (Å²) in [6.45, 7) is 5.02. The summed E-state index contributed by atoms with van der Waals surface area (Å²) in [5.41, 5.74) is 6.62. The number of hydrogen-bond donors (Lipinski definition) is 1. The number of nitrogen functional groups attached to an aromatic ring is 1. The lowest BCUT2D eigenvalue weighted by Gasteiger charge is -2.26. The topological polar surface area (TPSA) is 68.5 Å². The normalized spacial score (nSPS) is 11.2. The fourth-order valence-electron chi connectivity index (χ4n) is 2.02. The monoisotopic (exact) mass is 293 g/mol. The summed E-state index contributed by atoms with van der Waals surface area (Å²) in [7, 11) is 1.63. The van der Waals surface area contributed by atoms with Gasteiger partial charge in [0.15, 0.2) is 0 Å². The van der Waals surface area contributed by atoms with Gasteiger partial charge in [-0.25, -0.2) is 4.98 Å². The second-order valence-corrected chi connectivity index (χ2v) is 5.79. The molecule has 0 unspecified atom stereocenters. The summed E-state index contributed by atoms with van der Waals surface area (Å²) in [6, 6.07) is 3.81. The first-order valence-corrected chi connectivity index (χ1v) is 7.30. The zero-order valence-corrected chi connectivity index (χ0v) is 12.7. The highest BCUT2D eigenvalue weighted by molar-refractivity contribution is 7.21. The summed E-state index contributed by atoms with van der Waals surface area (Å²) in [5, 5.41) is 0.844. The zero-order chi connectivity index (χ0) is 14.7. The van der Waals surface area contributed by atoms with E-state index in [1.807, 2.05) is 26.0 Å². The Balaban J connectivity index is 2.36. The van der Waals surface area contributed by atoms with Crippen molar-refractivity contribution < 1.29 is 9.53 Å². The van der Waals surface area contributed by atoms with E-state index in [0.717, 1.165) is 10.2 Å². The van der Waals surface area contributed by atoms with Gasteiger partial charge in [-0.2, -0.15) is 0 Å². The molecule has 0 aliphatic heterocycles. The molecule has 2 aromatic rings. The van der Waals surface area contributed by atoms with Crippen molar-refractivity contribution >= 4 is 33.1 Å². The first kappa shape index (κ1) is 14.7. The molecule has 2 aromatic heterocycles. The number of fused-ring (bicyclic) bond motifs is 1. The molecule has 0 saturated heterocycles. The number of methoxy groups -OCH3 is 1. The van der Waals surface area contributed by atoms with Crippen molar-refractivity contribution in [2.75, 3.05) is 26.0 Å². The van der Waals surface area contributed by atoms with Gasteiger partial charge in [0.2, 0.25) is 0 Å². The van der Waals surface area contributed by atoms with Crippen molar-refractivity contribution in [2.45, 2.75) is 19.9 Å². The van der Waals surface area contributed by atoms with Crippen LogP contribution in [0.4, 0.5) is 5.69 Å². The van der Waals surface area contributed by atoms with Crippen molar-refractivity contribution in [1.29, 1.82) is 0 Å². The number of anilines is 1. The van der Waals surface area contributed by atoms with Crippen LogP contribution in [0.3, 0.4) is 0 Å². The van der Waals surface area contributed by atoms with Crippen molar-refractivity contribution in [3.63, 3.8) is 0 Å². The molecule has 0 fully saturated rings. The van der Waals surface area contributed by atoms with Gasteiger partial charge < -0.3 is 15.4 Å².